The summed E-state index contributed by atoms with van der Waals surface area (Å²) in [5.74, 6) is -0.376. The molecule has 0 spiro atoms. The van der Waals surface area contributed by atoms with Gasteiger partial charge in [0.1, 0.15) is 18.7 Å². The highest BCUT2D eigenvalue weighted by Crippen LogP contribution is 2.37. The molecule has 2 N–H and O–H groups in total. The molecule has 9 heteroatoms. The molecule has 0 aliphatic carbocycles. The van der Waals surface area contributed by atoms with E-state index in [1.807, 2.05) is 0 Å². The van der Waals surface area contributed by atoms with Crippen LogP contribution in [0.4, 0.5) is 30.2 Å². The van der Waals surface area contributed by atoms with Crippen molar-refractivity contribution in [2.75, 3.05) is 10.6 Å². The molecule has 6 nitrogen and oxygen atoms in total. The number of rotatable bonds is 5. The van der Waals surface area contributed by atoms with Crippen molar-refractivity contribution in [3.63, 3.8) is 0 Å². The fourth-order valence-electron chi connectivity index (χ4n) is 2.46. The molecule has 0 aliphatic rings. The molecule has 0 aliphatic heterocycles. The van der Waals surface area contributed by atoms with E-state index in [-0.39, 0.29) is 11.6 Å². The minimum absolute atomic E-state index is 0.101. The molecule has 27 heavy (non-hydrogen) atoms. The fraction of sp³-hybridized carbons (Fsp3) is 0.167. The first kappa shape index (κ1) is 18.4. The first-order valence-corrected chi connectivity index (χ1v) is 8.03. The third kappa shape index (κ3) is 4.25. The Morgan fingerprint density at radius 2 is 1.67 bits per heavy atom. The second-order valence-corrected chi connectivity index (χ2v) is 5.75. The summed E-state index contributed by atoms with van der Waals surface area (Å²) in [6, 6.07) is 11.0. The third-order valence-electron chi connectivity index (χ3n) is 3.90. The second kappa shape index (κ2) is 7.48. The molecule has 0 radical (unpaired) electrons. The fourth-order valence-corrected chi connectivity index (χ4v) is 2.46. The van der Waals surface area contributed by atoms with Crippen LogP contribution < -0.4 is 10.6 Å². The molecule has 3 rings (SSSR count). The quantitative estimate of drug-likeness (QED) is 0.700. The van der Waals surface area contributed by atoms with E-state index in [0.717, 1.165) is 6.07 Å². The normalized spacial score (nSPS) is 12.4. The number of anilines is 3. The average Bonchev–Trinajstić information content (AvgIpc) is 3.17. The maximum atomic E-state index is 13.2. The number of carbonyl (C=O) groups is 1. The lowest BCUT2D eigenvalue weighted by Crippen LogP contribution is -2.24. The van der Waals surface area contributed by atoms with Crippen molar-refractivity contribution >= 4 is 23.0 Å². The third-order valence-corrected chi connectivity index (χ3v) is 3.90. The molecule has 140 valence electrons. The molecule has 0 saturated carbocycles. The molecule has 1 aromatic heterocycles. The van der Waals surface area contributed by atoms with Crippen molar-refractivity contribution in [3.8, 4) is 0 Å². The van der Waals surface area contributed by atoms with Crippen LogP contribution >= 0.6 is 0 Å². The number of nitrogens with one attached hydrogen (secondary N) is 2. The van der Waals surface area contributed by atoms with E-state index in [9.17, 15) is 18.0 Å². The van der Waals surface area contributed by atoms with E-state index in [4.69, 9.17) is 0 Å². The summed E-state index contributed by atoms with van der Waals surface area (Å²) in [5, 5.41) is 9.37. The first-order chi connectivity index (χ1) is 12.9. The van der Waals surface area contributed by atoms with Crippen molar-refractivity contribution in [2.24, 2.45) is 0 Å². The number of hydrogen-bond acceptors (Lipinski definition) is 4. The molecule has 0 saturated heterocycles. The number of hydrogen-bond donors (Lipinski definition) is 2. The molecule has 1 unspecified atom stereocenters. The molecular formula is C18H16F3N5O. The molecule has 0 fully saturated rings. The van der Waals surface area contributed by atoms with Crippen LogP contribution in [0.5, 0.6) is 0 Å². The Bertz CT molecular complexity index is 925. The largest absolute Gasteiger partial charge is 0.418 e. The Kier molecular flexibility index (Phi) is 5.11. The van der Waals surface area contributed by atoms with E-state index in [0.29, 0.717) is 11.4 Å². The summed E-state index contributed by atoms with van der Waals surface area (Å²) in [4.78, 5) is 16.2. The highest BCUT2D eigenvalue weighted by Gasteiger charge is 2.33. The van der Waals surface area contributed by atoms with E-state index < -0.39 is 17.8 Å². The van der Waals surface area contributed by atoms with Gasteiger partial charge in [-0.15, -0.1) is 0 Å². The number of amides is 1. The zero-order valence-corrected chi connectivity index (χ0v) is 14.2. The lowest BCUT2D eigenvalue weighted by Gasteiger charge is -2.18. The Morgan fingerprint density at radius 1 is 1.04 bits per heavy atom. The van der Waals surface area contributed by atoms with Crippen LogP contribution in [0.2, 0.25) is 0 Å². The molecule has 1 heterocycles. The Morgan fingerprint density at radius 3 is 2.30 bits per heavy atom. The van der Waals surface area contributed by atoms with Crippen LogP contribution in [0.1, 0.15) is 18.5 Å². The highest BCUT2D eigenvalue weighted by molar-refractivity contribution is 5.97. The van der Waals surface area contributed by atoms with Gasteiger partial charge >= 0.3 is 6.18 Å². The van der Waals surface area contributed by atoms with Crippen LogP contribution in [0.15, 0.2) is 61.2 Å². The summed E-state index contributed by atoms with van der Waals surface area (Å²) >= 11 is 0. The Balaban J connectivity index is 1.84. The molecule has 0 bridgehead atoms. The van der Waals surface area contributed by atoms with Gasteiger partial charge in [-0.3, -0.25) is 4.79 Å². The van der Waals surface area contributed by atoms with Crippen LogP contribution in [0, 0.1) is 0 Å². The van der Waals surface area contributed by atoms with Crippen LogP contribution in [-0.4, -0.2) is 20.7 Å². The van der Waals surface area contributed by atoms with Crippen molar-refractivity contribution in [2.45, 2.75) is 19.1 Å². The first-order valence-electron chi connectivity index (χ1n) is 8.03. The van der Waals surface area contributed by atoms with Gasteiger partial charge < -0.3 is 10.6 Å². The van der Waals surface area contributed by atoms with Gasteiger partial charge in [-0.25, -0.2) is 9.67 Å². The van der Waals surface area contributed by atoms with Gasteiger partial charge in [0.05, 0.1) is 22.6 Å². The van der Waals surface area contributed by atoms with Gasteiger partial charge in [-0.1, -0.05) is 24.3 Å². The number of halogens is 3. The minimum Gasteiger partial charge on any atom is -0.353 e. The molecule has 1 atom stereocenters. The predicted molar refractivity (Wildman–Crippen MR) is 94.5 cm³/mol. The van der Waals surface area contributed by atoms with Gasteiger partial charge in [0.15, 0.2) is 0 Å². The van der Waals surface area contributed by atoms with E-state index in [2.05, 4.69) is 20.7 Å². The summed E-state index contributed by atoms with van der Waals surface area (Å²) in [5.41, 5.74) is -0.196. The monoisotopic (exact) mass is 375 g/mol. The Labute approximate surface area is 153 Å². The summed E-state index contributed by atoms with van der Waals surface area (Å²) in [6.07, 6.45) is -1.77. The van der Waals surface area contributed by atoms with Gasteiger partial charge in [-0.05, 0) is 31.2 Å². The van der Waals surface area contributed by atoms with Gasteiger partial charge in [0.2, 0.25) is 5.91 Å². The molecule has 2 aromatic carbocycles. The van der Waals surface area contributed by atoms with Crippen molar-refractivity contribution < 1.29 is 18.0 Å². The maximum absolute atomic E-state index is 13.2. The number of nitrogens with zero attached hydrogens (tertiary/aromatic N) is 3. The van der Waals surface area contributed by atoms with Crippen molar-refractivity contribution in [3.05, 3.63) is 66.7 Å². The van der Waals surface area contributed by atoms with Gasteiger partial charge in [0, 0.05) is 0 Å². The molecular weight excluding hydrogens is 359 g/mol. The average molecular weight is 375 g/mol. The van der Waals surface area contributed by atoms with Gasteiger partial charge in [-0.2, -0.15) is 18.3 Å². The standard InChI is InChI=1S/C18H16F3N5O/c1-12(26-11-22-10-23-26)17(27)25-16-9-5-4-8-15(16)24-14-7-3-2-6-13(14)18(19,20)21/h2-12,24H,1H3,(H,25,27). The van der Waals surface area contributed by atoms with Gasteiger partial charge in [0.25, 0.3) is 0 Å². The zero-order valence-electron chi connectivity index (χ0n) is 14.2. The lowest BCUT2D eigenvalue weighted by atomic mass is 10.1. The number of alkyl halides is 3. The predicted octanol–water partition coefficient (Wildman–Crippen LogP) is 4.24. The van der Waals surface area contributed by atoms with E-state index >= 15 is 0 Å². The number of para-hydroxylation sites is 3. The summed E-state index contributed by atoms with van der Waals surface area (Å²) in [6.45, 7) is 1.64. The highest BCUT2D eigenvalue weighted by atomic mass is 19.4. The second-order valence-electron chi connectivity index (χ2n) is 5.75. The lowest BCUT2D eigenvalue weighted by molar-refractivity contribution is -0.137. The van der Waals surface area contributed by atoms with E-state index in [1.165, 1.54) is 35.5 Å². The zero-order chi connectivity index (χ0) is 19.4. The van der Waals surface area contributed by atoms with Crippen LogP contribution in [0.3, 0.4) is 0 Å². The molecule has 3 aromatic rings. The van der Waals surface area contributed by atoms with Crippen LogP contribution in [-0.2, 0) is 11.0 Å². The molecule has 1 amide bonds. The number of carbonyl (C=O) groups excluding carboxylic acids is 1. The number of benzene rings is 2. The van der Waals surface area contributed by atoms with E-state index in [1.54, 1.807) is 31.2 Å². The smallest absolute Gasteiger partial charge is 0.353 e. The SMILES string of the molecule is CC(C(=O)Nc1ccccc1Nc1ccccc1C(F)(F)F)n1cncn1. The van der Waals surface area contributed by atoms with Crippen molar-refractivity contribution in [1.82, 2.24) is 14.8 Å². The van der Waals surface area contributed by atoms with Crippen LogP contribution in [0.25, 0.3) is 0 Å². The summed E-state index contributed by atoms with van der Waals surface area (Å²) in [7, 11) is 0. The summed E-state index contributed by atoms with van der Waals surface area (Å²) < 4.78 is 41.0. The number of aromatic nitrogens is 3. The minimum atomic E-state index is -4.50. The topological polar surface area (TPSA) is 71.8 Å². The maximum Gasteiger partial charge on any atom is 0.418 e. The van der Waals surface area contributed by atoms with Crippen molar-refractivity contribution in [1.29, 1.82) is 0 Å². The Hall–Kier alpha value is -3.36.